The van der Waals surface area contributed by atoms with E-state index in [2.05, 4.69) is 24.5 Å². The highest BCUT2D eigenvalue weighted by molar-refractivity contribution is 5.74. The van der Waals surface area contributed by atoms with Crippen LogP contribution in [0, 0.1) is 5.41 Å². The van der Waals surface area contributed by atoms with Gasteiger partial charge in [-0.3, -0.25) is 0 Å². The first-order valence-corrected chi connectivity index (χ1v) is 7.13. The summed E-state index contributed by atoms with van der Waals surface area (Å²) in [6.45, 7) is 6.61. The third-order valence-corrected chi connectivity index (χ3v) is 3.99. The van der Waals surface area contributed by atoms with Gasteiger partial charge in [0.25, 0.3) is 0 Å². The second kappa shape index (κ2) is 6.98. The first-order chi connectivity index (χ1) is 8.45. The molecule has 0 saturated heterocycles. The Morgan fingerprint density at radius 3 is 2.78 bits per heavy atom. The minimum atomic E-state index is -0.0691. The van der Waals surface area contributed by atoms with E-state index in [1.807, 2.05) is 6.92 Å². The van der Waals surface area contributed by atoms with Crippen molar-refractivity contribution in [1.29, 1.82) is 0 Å². The Hall–Kier alpha value is -0.770. The summed E-state index contributed by atoms with van der Waals surface area (Å²) < 4.78 is 0. The average molecular weight is 256 g/mol. The number of hydrogen-bond acceptors (Lipinski definition) is 2. The van der Waals surface area contributed by atoms with Gasteiger partial charge in [-0.15, -0.1) is 0 Å². The normalized spacial score (nSPS) is 24.3. The largest absolute Gasteiger partial charge is 0.396 e. The summed E-state index contributed by atoms with van der Waals surface area (Å²) in [4.78, 5) is 11.9. The lowest BCUT2D eigenvalue weighted by molar-refractivity contribution is 0.164. The SMILES string of the molecule is CC(CCCO)NC(=O)NC1CCCCC1(C)C. The summed E-state index contributed by atoms with van der Waals surface area (Å²) in [7, 11) is 0. The third-order valence-electron chi connectivity index (χ3n) is 3.99. The fourth-order valence-electron chi connectivity index (χ4n) is 2.65. The molecule has 4 nitrogen and oxygen atoms in total. The Balaban J connectivity index is 2.34. The Morgan fingerprint density at radius 2 is 2.17 bits per heavy atom. The van der Waals surface area contributed by atoms with Crippen LogP contribution in [-0.4, -0.2) is 29.8 Å². The van der Waals surface area contributed by atoms with Crippen LogP contribution in [0.2, 0.25) is 0 Å². The van der Waals surface area contributed by atoms with Crippen molar-refractivity contribution >= 4 is 6.03 Å². The molecule has 106 valence electrons. The molecule has 0 bridgehead atoms. The highest BCUT2D eigenvalue weighted by Crippen LogP contribution is 2.35. The van der Waals surface area contributed by atoms with Crippen LogP contribution in [0.3, 0.4) is 0 Å². The third kappa shape index (κ3) is 4.84. The number of urea groups is 1. The summed E-state index contributed by atoms with van der Waals surface area (Å²) in [5, 5.41) is 14.8. The zero-order valence-corrected chi connectivity index (χ0v) is 12.0. The Morgan fingerprint density at radius 1 is 1.44 bits per heavy atom. The van der Waals surface area contributed by atoms with Gasteiger partial charge in [0.15, 0.2) is 0 Å². The van der Waals surface area contributed by atoms with E-state index in [0.29, 0.717) is 0 Å². The number of aliphatic hydroxyl groups is 1. The van der Waals surface area contributed by atoms with Crippen LogP contribution in [0.25, 0.3) is 0 Å². The van der Waals surface area contributed by atoms with Crippen molar-refractivity contribution in [2.45, 2.75) is 71.4 Å². The van der Waals surface area contributed by atoms with Gasteiger partial charge in [-0.25, -0.2) is 4.79 Å². The number of aliphatic hydroxyl groups excluding tert-OH is 1. The lowest BCUT2D eigenvalue weighted by atomic mass is 9.73. The van der Waals surface area contributed by atoms with Gasteiger partial charge in [0, 0.05) is 18.7 Å². The van der Waals surface area contributed by atoms with Crippen molar-refractivity contribution in [2.75, 3.05) is 6.61 Å². The standard InChI is InChI=1S/C14H28N2O2/c1-11(7-6-10-17)15-13(18)16-12-8-4-5-9-14(12,2)3/h11-12,17H,4-10H2,1-3H3,(H2,15,16,18). The summed E-state index contributed by atoms with van der Waals surface area (Å²) in [5.74, 6) is 0. The molecule has 1 aliphatic carbocycles. The highest BCUT2D eigenvalue weighted by atomic mass is 16.3. The van der Waals surface area contributed by atoms with Gasteiger partial charge in [0.2, 0.25) is 0 Å². The molecular weight excluding hydrogens is 228 g/mol. The molecule has 1 saturated carbocycles. The maximum absolute atomic E-state index is 11.9. The van der Waals surface area contributed by atoms with Gasteiger partial charge >= 0.3 is 6.03 Å². The van der Waals surface area contributed by atoms with Gasteiger partial charge in [0.05, 0.1) is 0 Å². The molecule has 4 heteroatoms. The minimum absolute atomic E-state index is 0.0691. The quantitative estimate of drug-likeness (QED) is 0.707. The topological polar surface area (TPSA) is 61.4 Å². The molecule has 1 rings (SSSR count). The van der Waals surface area contributed by atoms with Crippen LogP contribution >= 0.6 is 0 Å². The fourth-order valence-corrected chi connectivity index (χ4v) is 2.65. The smallest absolute Gasteiger partial charge is 0.315 e. The molecule has 1 fully saturated rings. The molecule has 3 N–H and O–H groups in total. The average Bonchev–Trinajstić information content (AvgIpc) is 2.29. The van der Waals surface area contributed by atoms with Gasteiger partial charge in [-0.2, -0.15) is 0 Å². The van der Waals surface area contributed by atoms with Crippen molar-refractivity contribution in [2.24, 2.45) is 5.41 Å². The van der Waals surface area contributed by atoms with E-state index in [0.717, 1.165) is 19.3 Å². The molecule has 0 aromatic heterocycles. The van der Waals surface area contributed by atoms with Gasteiger partial charge in [-0.05, 0) is 38.0 Å². The van der Waals surface area contributed by atoms with Crippen molar-refractivity contribution in [3.63, 3.8) is 0 Å². The Labute approximate surface area is 111 Å². The molecule has 0 radical (unpaired) electrons. The molecular formula is C14H28N2O2. The van der Waals surface area contributed by atoms with Crippen molar-refractivity contribution in [1.82, 2.24) is 10.6 Å². The lowest BCUT2D eigenvalue weighted by Crippen LogP contribution is -2.51. The van der Waals surface area contributed by atoms with E-state index in [-0.39, 0.29) is 30.1 Å². The second-order valence-corrected chi connectivity index (χ2v) is 6.17. The first-order valence-electron chi connectivity index (χ1n) is 7.13. The molecule has 2 unspecified atom stereocenters. The highest BCUT2D eigenvalue weighted by Gasteiger charge is 2.33. The Bertz CT molecular complexity index is 267. The van der Waals surface area contributed by atoms with Crippen LogP contribution in [0.4, 0.5) is 4.79 Å². The monoisotopic (exact) mass is 256 g/mol. The number of rotatable bonds is 5. The van der Waals surface area contributed by atoms with Crippen molar-refractivity contribution in [3.05, 3.63) is 0 Å². The molecule has 0 spiro atoms. The van der Waals surface area contributed by atoms with Gasteiger partial charge in [0.1, 0.15) is 0 Å². The molecule has 18 heavy (non-hydrogen) atoms. The predicted molar refractivity (Wildman–Crippen MR) is 73.5 cm³/mol. The van der Waals surface area contributed by atoms with Crippen LogP contribution in [0.1, 0.15) is 59.3 Å². The molecule has 0 aliphatic heterocycles. The summed E-state index contributed by atoms with van der Waals surface area (Å²) in [6, 6.07) is 0.320. The van der Waals surface area contributed by atoms with E-state index in [9.17, 15) is 4.79 Å². The van der Waals surface area contributed by atoms with E-state index in [1.54, 1.807) is 0 Å². The fraction of sp³-hybridized carbons (Fsp3) is 0.929. The van der Waals surface area contributed by atoms with Crippen LogP contribution in [0.15, 0.2) is 0 Å². The first kappa shape index (κ1) is 15.3. The van der Waals surface area contributed by atoms with Crippen LogP contribution in [-0.2, 0) is 0 Å². The summed E-state index contributed by atoms with van der Waals surface area (Å²) in [5.41, 5.74) is 0.198. The number of carbonyl (C=O) groups is 1. The maximum Gasteiger partial charge on any atom is 0.315 e. The lowest BCUT2D eigenvalue weighted by Gasteiger charge is -2.39. The maximum atomic E-state index is 11.9. The number of carbonyl (C=O) groups excluding carboxylic acids is 1. The zero-order valence-electron chi connectivity index (χ0n) is 12.0. The van der Waals surface area contributed by atoms with E-state index < -0.39 is 0 Å². The van der Waals surface area contributed by atoms with Crippen molar-refractivity contribution < 1.29 is 9.90 Å². The second-order valence-electron chi connectivity index (χ2n) is 6.17. The molecule has 0 aromatic carbocycles. The number of amides is 2. The number of nitrogens with one attached hydrogen (secondary N) is 2. The summed E-state index contributed by atoms with van der Waals surface area (Å²) >= 11 is 0. The minimum Gasteiger partial charge on any atom is -0.396 e. The predicted octanol–water partition coefficient (Wildman–Crippen LogP) is 2.42. The molecule has 2 amide bonds. The van der Waals surface area contributed by atoms with Crippen LogP contribution in [0.5, 0.6) is 0 Å². The molecule has 0 heterocycles. The number of hydrogen-bond donors (Lipinski definition) is 3. The van der Waals surface area contributed by atoms with Crippen molar-refractivity contribution in [3.8, 4) is 0 Å². The molecule has 1 aliphatic rings. The molecule has 2 atom stereocenters. The van der Waals surface area contributed by atoms with E-state index in [4.69, 9.17) is 5.11 Å². The van der Waals surface area contributed by atoms with E-state index in [1.165, 1.54) is 19.3 Å². The zero-order chi connectivity index (χ0) is 13.6. The van der Waals surface area contributed by atoms with Gasteiger partial charge in [-0.1, -0.05) is 26.7 Å². The van der Waals surface area contributed by atoms with Gasteiger partial charge < -0.3 is 15.7 Å². The van der Waals surface area contributed by atoms with E-state index >= 15 is 0 Å². The Kier molecular flexibility index (Phi) is 5.93. The molecule has 0 aromatic rings. The summed E-state index contributed by atoms with van der Waals surface area (Å²) in [6.07, 6.45) is 6.27. The van der Waals surface area contributed by atoms with Crippen LogP contribution < -0.4 is 10.6 Å².